The molecule has 0 unspecified atom stereocenters. The van der Waals surface area contributed by atoms with Crippen molar-refractivity contribution in [2.24, 2.45) is 0 Å². The van der Waals surface area contributed by atoms with Gasteiger partial charge in [-0.25, -0.2) is 0 Å². The van der Waals surface area contributed by atoms with Crippen LogP contribution in [0.3, 0.4) is 0 Å². The van der Waals surface area contributed by atoms with Gasteiger partial charge in [0.1, 0.15) is 6.54 Å². The molecule has 0 aromatic carbocycles. The second-order valence-electron chi connectivity index (χ2n) is 1.55. The molecule has 0 heterocycles. The summed E-state index contributed by atoms with van der Waals surface area (Å²) in [6.07, 6.45) is -4.21. The van der Waals surface area contributed by atoms with Crippen molar-refractivity contribution in [1.82, 2.24) is 10.6 Å². The zero-order valence-electron chi connectivity index (χ0n) is 5.25. The normalized spacial score (nSPS) is 10.8. The van der Waals surface area contributed by atoms with Gasteiger partial charge in [0.05, 0.1) is 0 Å². The van der Waals surface area contributed by atoms with Gasteiger partial charge in [0, 0.05) is 7.05 Å². The van der Waals surface area contributed by atoms with E-state index in [1.165, 1.54) is 7.05 Å². The smallest absolute Gasteiger partial charge is 0.366 e. The first kappa shape index (κ1) is 9.48. The molecule has 0 bridgehead atoms. The fourth-order valence-corrected chi connectivity index (χ4v) is 0.341. The van der Waals surface area contributed by atoms with Crippen LogP contribution < -0.4 is 10.6 Å². The van der Waals surface area contributed by atoms with Crippen molar-refractivity contribution < 1.29 is 13.2 Å². The molecule has 0 aliphatic rings. The van der Waals surface area contributed by atoms with E-state index in [2.05, 4.69) is 17.5 Å². The Morgan fingerprint density at radius 1 is 1.50 bits per heavy atom. The predicted octanol–water partition coefficient (Wildman–Crippen LogP) is 0.643. The topological polar surface area (TPSA) is 24.1 Å². The average Bonchev–Trinajstić information content (AvgIpc) is 1.81. The van der Waals surface area contributed by atoms with Gasteiger partial charge >= 0.3 is 6.18 Å². The molecule has 0 rings (SSSR count). The zero-order valence-corrected chi connectivity index (χ0v) is 6.07. The highest BCUT2D eigenvalue weighted by atomic mass is 32.1. The second kappa shape index (κ2) is 3.60. The molecule has 0 fully saturated rings. The molecule has 0 saturated heterocycles. The van der Waals surface area contributed by atoms with Gasteiger partial charge in [0.15, 0.2) is 5.11 Å². The van der Waals surface area contributed by atoms with E-state index in [4.69, 9.17) is 0 Å². The molecule has 0 aromatic heterocycles. The van der Waals surface area contributed by atoms with Crippen LogP contribution in [0.25, 0.3) is 0 Å². The highest BCUT2D eigenvalue weighted by Crippen LogP contribution is 2.11. The molecule has 6 heteroatoms. The van der Waals surface area contributed by atoms with Crippen LogP contribution in [0.5, 0.6) is 0 Å². The molecular weight excluding hydrogens is 165 g/mol. The molecule has 2 nitrogen and oxygen atoms in total. The molecule has 0 aromatic rings. The molecule has 0 aliphatic carbocycles. The summed E-state index contributed by atoms with van der Waals surface area (Å²) < 4.78 is 34.2. The number of nitrogens with one attached hydrogen (secondary N) is 2. The molecule has 0 spiro atoms. The fraction of sp³-hybridized carbons (Fsp3) is 0.750. The maximum absolute atomic E-state index is 11.4. The van der Waals surface area contributed by atoms with E-state index in [0.29, 0.717) is 0 Å². The second-order valence-corrected chi connectivity index (χ2v) is 1.96. The van der Waals surface area contributed by atoms with Crippen molar-refractivity contribution in [3.63, 3.8) is 0 Å². The van der Waals surface area contributed by atoms with Crippen molar-refractivity contribution in [1.29, 1.82) is 0 Å². The third-order valence-corrected chi connectivity index (χ3v) is 1.02. The molecule has 10 heavy (non-hydrogen) atoms. The molecule has 0 atom stereocenters. The van der Waals surface area contributed by atoms with Crippen LogP contribution in [0.1, 0.15) is 0 Å². The summed E-state index contributed by atoms with van der Waals surface area (Å²) in [6.45, 7) is -1.09. The minimum Gasteiger partial charge on any atom is -0.366 e. The molecule has 60 valence electrons. The molecule has 0 aliphatic heterocycles. The summed E-state index contributed by atoms with van der Waals surface area (Å²) >= 11 is 4.40. The van der Waals surface area contributed by atoms with E-state index in [1.54, 1.807) is 0 Å². The van der Waals surface area contributed by atoms with Gasteiger partial charge in [-0.05, 0) is 12.2 Å². The Kier molecular flexibility index (Phi) is 3.41. The van der Waals surface area contributed by atoms with Crippen LogP contribution in [0.2, 0.25) is 0 Å². The number of halogens is 3. The minimum atomic E-state index is -4.21. The standard InChI is InChI=1S/C4H7F3N2S/c1-8-3(10)9-2-4(5,6)7/h2H2,1H3,(H2,8,9,10). The number of thiocarbonyl (C=S) groups is 1. The van der Waals surface area contributed by atoms with Gasteiger partial charge in [-0.1, -0.05) is 0 Å². The number of hydrogen-bond acceptors (Lipinski definition) is 1. The van der Waals surface area contributed by atoms with Crippen molar-refractivity contribution in [3.8, 4) is 0 Å². The Labute approximate surface area is 61.8 Å². The largest absolute Gasteiger partial charge is 0.405 e. The lowest BCUT2D eigenvalue weighted by Crippen LogP contribution is -2.38. The van der Waals surface area contributed by atoms with E-state index >= 15 is 0 Å². The number of rotatable bonds is 1. The van der Waals surface area contributed by atoms with Gasteiger partial charge in [-0.2, -0.15) is 13.2 Å². The lowest BCUT2D eigenvalue weighted by Gasteiger charge is -2.08. The molecular formula is C4H7F3N2S. The maximum atomic E-state index is 11.4. The van der Waals surface area contributed by atoms with Crippen molar-refractivity contribution in [2.75, 3.05) is 13.6 Å². The molecule has 0 radical (unpaired) electrons. The molecule has 0 saturated carbocycles. The Morgan fingerprint density at radius 3 is 2.30 bits per heavy atom. The first-order chi connectivity index (χ1) is 4.45. The first-order valence-corrected chi connectivity index (χ1v) is 2.89. The van der Waals surface area contributed by atoms with Gasteiger partial charge in [-0.3, -0.25) is 0 Å². The van der Waals surface area contributed by atoms with E-state index in [9.17, 15) is 13.2 Å². The molecule has 2 N–H and O–H groups in total. The third-order valence-electron chi connectivity index (χ3n) is 0.676. The Bertz CT molecular complexity index is 122. The number of alkyl halides is 3. The summed E-state index contributed by atoms with van der Waals surface area (Å²) in [4.78, 5) is 0. The number of hydrogen-bond donors (Lipinski definition) is 2. The Hall–Kier alpha value is -0.520. The van der Waals surface area contributed by atoms with Crippen LogP contribution in [0.15, 0.2) is 0 Å². The van der Waals surface area contributed by atoms with Gasteiger partial charge in [-0.15, -0.1) is 0 Å². The van der Waals surface area contributed by atoms with Crippen LogP contribution in [-0.2, 0) is 0 Å². The highest BCUT2D eigenvalue weighted by molar-refractivity contribution is 7.80. The van der Waals surface area contributed by atoms with E-state index in [1.807, 2.05) is 5.32 Å². The Morgan fingerprint density at radius 2 is 2.00 bits per heavy atom. The van der Waals surface area contributed by atoms with Crippen molar-refractivity contribution in [3.05, 3.63) is 0 Å². The summed E-state index contributed by atoms with van der Waals surface area (Å²) in [6, 6.07) is 0. The zero-order chi connectivity index (χ0) is 8.20. The maximum Gasteiger partial charge on any atom is 0.405 e. The van der Waals surface area contributed by atoms with Crippen LogP contribution in [0.4, 0.5) is 13.2 Å². The average molecular weight is 172 g/mol. The SMILES string of the molecule is CNC(=S)NCC(F)(F)F. The molecule has 0 amide bonds. The first-order valence-electron chi connectivity index (χ1n) is 2.48. The fourth-order valence-electron chi connectivity index (χ4n) is 0.269. The van der Waals surface area contributed by atoms with E-state index in [-0.39, 0.29) is 5.11 Å². The van der Waals surface area contributed by atoms with Crippen LogP contribution in [-0.4, -0.2) is 24.9 Å². The summed E-state index contributed by atoms with van der Waals surface area (Å²) in [7, 11) is 1.45. The monoisotopic (exact) mass is 172 g/mol. The van der Waals surface area contributed by atoms with Crippen molar-refractivity contribution in [2.45, 2.75) is 6.18 Å². The predicted molar refractivity (Wildman–Crippen MR) is 35.7 cm³/mol. The van der Waals surface area contributed by atoms with Crippen LogP contribution in [0, 0.1) is 0 Å². The van der Waals surface area contributed by atoms with Gasteiger partial charge < -0.3 is 10.6 Å². The highest BCUT2D eigenvalue weighted by Gasteiger charge is 2.26. The lowest BCUT2D eigenvalue weighted by atomic mass is 10.6. The Balaban J connectivity index is 3.46. The van der Waals surface area contributed by atoms with E-state index < -0.39 is 12.7 Å². The van der Waals surface area contributed by atoms with E-state index in [0.717, 1.165) is 0 Å². The minimum absolute atomic E-state index is 0.00248. The third kappa shape index (κ3) is 5.61. The van der Waals surface area contributed by atoms with Crippen LogP contribution >= 0.6 is 12.2 Å². The summed E-state index contributed by atoms with van der Waals surface area (Å²) in [5.74, 6) is 0. The van der Waals surface area contributed by atoms with Gasteiger partial charge in [0.2, 0.25) is 0 Å². The lowest BCUT2D eigenvalue weighted by molar-refractivity contribution is -0.121. The van der Waals surface area contributed by atoms with Crippen molar-refractivity contribution >= 4 is 17.3 Å². The summed E-state index contributed by atoms with van der Waals surface area (Å²) in [5.41, 5.74) is 0. The summed E-state index contributed by atoms with van der Waals surface area (Å²) in [5, 5.41) is 4.32. The quantitative estimate of drug-likeness (QED) is 0.568. The van der Waals surface area contributed by atoms with Gasteiger partial charge in [0.25, 0.3) is 0 Å².